The van der Waals surface area contributed by atoms with Crippen LogP contribution >= 0.6 is 15.9 Å². The van der Waals surface area contributed by atoms with E-state index in [1.807, 2.05) is 24.3 Å². The largest absolute Gasteiger partial charge is 0.492 e. The number of carbonyl (C=O) groups excluding carboxylic acids is 1. The molecule has 0 saturated heterocycles. The predicted molar refractivity (Wildman–Crippen MR) is 91.4 cm³/mol. The molecule has 0 fully saturated rings. The van der Waals surface area contributed by atoms with E-state index in [-0.39, 0.29) is 18.1 Å². The van der Waals surface area contributed by atoms with Gasteiger partial charge in [-0.15, -0.1) is 0 Å². The van der Waals surface area contributed by atoms with E-state index in [0.717, 1.165) is 4.47 Å². The molecule has 0 aliphatic heterocycles. The van der Waals surface area contributed by atoms with Crippen LogP contribution in [0.1, 0.15) is 21.7 Å². The number of halogens is 1. The fraction of sp³-hybridized carbons (Fsp3) is 0.294. The van der Waals surface area contributed by atoms with Gasteiger partial charge in [0.15, 0.2) is 0 Å². The summed E-state index contributed by atoms with van der Waals surface area (Å²) in [6, 6.07) is 7.41. The van der Waals surface area contributed by atoms with Crippen LogP contribution in [-0.2, 0) is 11.2 Å². The van der Waals surface area contributed by atoms with Gasteiger partial charge in [-0.3, -0.25) is 9.59 Å². The summed E-state index contributed by atoms with van der Waals surface area (Å²) in [5.41, 5.74) is 0.931. The lowest BCUT2D eigenvalue weighted by atomic mass is 10.1. The van der Waals surface area contributed by atoms with Crippen LogP contribution in [0.25, 0.3) is 0 Å². The second-order valence-corrected chi connectivity index (χ2v) is 6.23. The molecule has 0 aliphatic carbocycles. The zero-order valence-electron chi connectivity index (χ0n) is 13.4. The number of carboxylic acids is 1. The van der Waals surface area contributed by atoms with Crippen LogP contribution in [0.5, 0.6) is 5.75 Å². The average Bonchev–Trinajstić information content (AvgIpc) is 2.88. The molecule has 0 aliphatic rings. The first kappa shape index (κ1) is 18.1. The van der Waals surface area contributed by atoms with E-state index < -0.39 is 5.97 Å². The maximum atomic E-state index is 12.5. The molecule has 0 radical (unpaired) electrons. The van der Waals surface area contributed by atoms with E-state index in [4.69, 9.17) is 14.3 Å². The molecule has 1 aromatic carbocycles. The highest BCUT2D eigenvalue weighted by molar-refractivity contribution is 9.10. The minimum atomic E-state index is -1.04. The van der Waals surface area contributed by atoms with Crippen molar-refractivity contribution in [1.82, 2.24) is 4.90 Å². The van der Waals surface area contributed by atoms with Crippen molar-refractivity contribution in [3.05, 3.63) is 51.9 Å². The van der Waals surface area contributed by atoms with Crippen LogP contribution in [0.2, 0.25) is 0 Å². The quantitative estimate of drug-likeness (QED) is 0.778. The molecule has 0 spiro atoms. The molecule has 2 rings (SSSR count). The summed E-state index contributed by atoms with van der Waals surface area (Å²) in [5.74, 6) is -0.438. The molecule has 1 heterocycles. The van der Waals surface area contributed by atoms with Gasteiger partial charge in [0.1, 0.15) is 24.5 Å². The number of aryl methyl sites for hydroxylation is 1. The van der Waals surface area contributed by atoms with E-state index in [1.165, 1.54) is 11.2 Å². The first-order valence-corrected chi connectivity index (χ1v) is 8.10. The average molecular weight is 396 g/mol. The number of carboxylic acid groups (broad SMARTS) is 1. The zero-order valence-corrected chi connectivity index (χ0v) is 15.0. The van der Waals surface area contributed by atoms with Crippen molar-refractivity contribution in [3.63, 3.8) is 0 Å². The zero-order chi connectivity index (χ0) is 17.7. The second kappa shape index (κ2) is 8.01. The predicted octanol–water partition coefficient (Wildman–Crippen LogP) is 3.13. The number of ether oxygens (including phenoxy) is 1. The maximum Gasteiger partial charge on any atom is 0.311 e. The van der Waals surface area contributed by atoms with E-state index in [2.05, 4.69) is 15.9 Å². The van der Waals surface area contributed by atoms with Crippen molar-refractivity contribution in [2.24, 2.45) is 0 Å². The molecule has 1 amide bonds. The SMILES string of the molecule is Cc1coc(CC(=O)O)c1C(=O)N(C)CCOc1ccc(Br)cc1. The van der Waals surface area contributed by atoms with Gasteiger partial charge < -0.3 is 19.2 Å². The van der Waals surface area contributed by atoms with Gasteiger partial charge >= 0.3 is 5.97 Å². The van der Waals surface area contributed by atoms with E-state index in [0.29, 0.717) is 30.0 Å². The Morgan fingerprint density at radius 2 is 1.96 bits per heavy atom. The molecule has 1 aromatic heterocycles. The number of benzene rings is 1. The van der Waals surface area contributed by atoms with E-state index >= 15 is 0 Å². The molecule has 128 valence electrons. The number of amides is 1. The summed E-state index contributed by atoms with van der Waals surface area (Å²) in [6.45, 7) is 2.41. The highest BCUT2D eigenvalue weighted by Gasteiger charge is 2.23. The summed E-state index contributed by atoms with van der Waals surface area (Å²) < 4.78 is 11.8. The van der Waals surface area contributed by atoms with E-state index in [9.17, 15) is 9.59 Å². The number of hydrogen-bond donors (Lipinski definition) is 1. The van der Waals surface area contributed by atoms with Crippen molar-refractivity contribution < 1.29 is 23.8 Å². The lowest BCUT2D eigenvalue weighted by Gasteiger charge is -2.18. The van der Waals surface area contributed by atoms with Crippen molar-refractivity contribution in [2.45, 2.75) is 13.3 Å². The third kappa shape index (κ3) is 4.61. The lowest BCUT2D eigenvalue weighted by molar-refractivity contribution is -0.136. The Morgan fingerprint density at radius 3 is 2.58 bits per heavy atom. The van der Waals surface area contributed by atoms with Gasteiger partial charge in [-0.1, -0.05) is 15.9 Å². The molecule has 1 N–H and O–H groups in total. The Labute approximate surface area is 148 Å². The Kier molecular flexibility index (Phi) is 6.03. The standard InChI is InChI=1S/C17H18BrNO5/c1-11-10-24-14(9-15(20)21)16(11)17(22)19(2)7-8-23-13-5-3-12(18)4-6-13/h3-6,10H,7-9H2,1-2H3,(H,20,21). The number of rotatable bonds is 7. The van der Waals surface area contributed by atoms with Crippen molar-refractivity contribution in [1.29, 1.82) is 0 Å². The molecule has 0 unspecified atom stereocenters. The lowest BCUT2D eigenvalue weighted by Crippen LogP contribution is -2.31. The van der Waals surface area contributed by atoms with Crippen molar-refractivity contribution >= 4 is 27.8 Å². The van der Waals surface area contributed by atoms with Gasteiger partial charge in [-0.05, 0) is 31.2 Å². The Hall–Kier alpha value is -2.28. The summed E-state index contributed by atoms with van der Waals surface area (Å²) in [7, 11) is 1.64. The third-order valence-corrected chi connectivity index (χ3v) is 3.96. The van der Waals surface area contributed by atoms with Crippen LogP contribution in [0.15, 0.2) is 39.4 Å². The first-order chi connectivity index (χ1) is 11.4. The fourth-order valence-corrected chi connectivity index (χ4v) is 2.44. The highest BCUT2D eigenvalue weighted by Crippen LogP contribution is 2.19. The van der Waals surface area contributed by atoms with Gasteiger partial charge in [0, 0.05) is 17.1 Å². The number of likely N-dealkylation sites (N-methyl/N-ethyl adjacent to an activating group) is 1. The molecule has 6 nitrogen and oxygen atoms in total. The smallest absolute Gasteiger partial charge is 0.311 e. The molecular formula is C17H18BrNO5. The van der Waals surface area contributed by atoms with Gasteiger partial charge in [-0.25, -0.2) is 0 Å². The summed E-state index contributed by atoms with van der Waals surface area (Å²) >= 11 is 3.35. The number of furan rings is 1. The number of hydrogen-bond acceptors (Lipinski definition) is 4. The number of aliphatic carboxylic acids is 1. The third-order valence-electron chi connectivity index (χ3n) is 3.43. The topological polar surface area (TPSA) is 80.0 Å². The Morgan fingerprint density at radius 1 is 1.29 bits per heavy atom. The van der Waals surface area contributed by atoms with Gasteiger partial charge in [0.25, 0.3) is 5.91 Å². The van der Waals surface area contributed by atoms with E-state index in [1.54, 1.807) is 14.0 Å². The van der Waals surface area contributed by atoms with Crippen molar-refractivity contribution in [2.75, 3.05) is 20.2 Å². The minimum absolute atomic E-state index is 0.172. The van der Waals surface area contributed by atoms with Crippen LogP contribution in [0.4, 0.5) is 0 Å². The minimum Gasteiger partial charge on any atom is -0.492 e. The summed E-state index contributed by atoms with van der Waals surface area (Å²) in [5, 5.41) is 8.90. The van der Waals surface area contributed by atoms with Crippen LogP contribution in [0.3, 0.4) is 0 Å². The number of carbonyl (C=O) groups is 2. The monoisotopic (exact) mass is 395 g/mol. The molecule has 2 aromatic rings. The molecule has 0 saturated carbocycles. The number of nitrogens with zero attached hydrogens (tertiary/aromatic N) is 1. The van der Waals surface area contributed by atoms with Gasteiger partial charge in [0.05, 0.1) is 18.4 Å². The van der Waals surface area contributed by atoms with Crippen LogP contribution in [0, 0.1) is 6.92 Å². The summed E-state index contributed by atoms with van der Waals surface area (Å²) in [4.78, 5) is 24.9. The molecule has 7 heteroatoms. The first-order valence-electron chi connectivity index (χ1n) is 7.31. The maximum absolute atomic E-state index is 12.5. The Balaban J connectivity index is 1.96. The van der Waals surface area contributed by atoms with Crippen LogP contribution in [-0.4, -0.2) is 42.1 Å². The van der Waals surface area contributed by atoms with Gasteiger partial charge in [-0.2, -0.15) is 0 Å². The second-order valence-electron chi connectivity index (χ2n) is 5.32. The van der Waals surface area contributed by atoms with Crippen molar-refractivity contribution in [3.8, 4) is 5.75 Å². The Bertz CT molecular complexity index is 723. The molecular weight excluding hydrogens is 378 g/mol. The molecule has 0 atom stereocenters. The van der Waals surface area contributed by atoms with Gasteiger partial charge in [0.2, 0.25) is 0 Å². The highest BCUT2D eigenvalue weighted by atomic mass is 79.9. The fourth-order valence-electron chi connectivity index (χ4n) is 2.18. The molecule has 24 heavy (non-hydrogen) atoms. The molecule has 0 bridgehead atoms. The normalized spacial score (nSPS) is 10.5. The summed E-state index contributed by atoms with van der Waals surface area (Å²) in [6.07, 6.45) is 1.08. The van der Waals surface area contributed by atoms with Crippen LogP contribution < -0.4 is 4.74 Å².